The first-order valence-electron chi connectivity index (χ1n) is 9.13. The zero-order chi connectivity index (χ0) is 22.7. The van der Waals surface area contributed by atoms with Gasteiger partial charge in [0.25, 0.3) is 11.6 Å². The number of aromatic nitrogens is 2. The quantitative estimate of drug-likeness (QED) is 0.276. The highest BCUT2D eigenvalue weighted by atomic mass is 16.6. The van der Waals surface area contributed by atoms with Crippen LogP contribution in [0, 0.1) is 42.2 Å². The van der Waals surface area contributed by atoms with Gasteiger partial charge in [-0.3, -0.25) is 14.9 Å². The van der Waals surface area contributed by atoms with Gasteiger partial charge in [0.2, 0.25) is 0 Å². The van der Waals surface area contributed by atoms with Crippen molar-refractivity contribution in [2.24, 2.45) is 0 Å². The van der Waals surface area contributed by atoms with Crippen LogP contribution in [0.3, 0.4) is 0 Å². The van der Waals surface area contributed by atoms with Crippen LogP contribution in [-0.2, 0) is 4.79 Å². The van der Waals surface area contributed by atoms with Crippen molar-refractivity contribution in [2.45, 2.75) is 20.8 Å². The van der Waals surface area contributed by atoms with E-state index in [0.29, 0.717) is 22.8 Å². The van der Waals surface area contributed by atoms with Crippen LogP contribution in [0.5, 0.6) is 5.75 Å². The first kappa shape index (κ1) is 21.3. The number of anilines is 1. The summed E-state index contributed by atoms with van der Waals surface area (Å²) in [6.45, 7) is 5.34. The fourth-order valence-electron chi connectivity index (χ4n) is 3.18. The average molecular weight is 421 g/mol. The number of benzene rings is 1. The summed E-state index contributed by atoms with van der Waals surface area (Å²) in [5.74, 6) is 0.447. The predicted molar refractivity (Wildman–Crippen MR) is 112 cm³/mol. The van der Waals surface area contributed by atoms with E-state index in [1.165, 1.54) is 25.3 Å². The molecule has 0 atom stereocenters. The third-order valence-electron chi connectivity index (χ3n) is 4.62. The lowest BCUT2D eigenvalue weighted by molar-refractivity contribution is -0.384. The zero-order valence-corrected chi connectivity index (χ0v) is 17.3. The molecular formula is C21H19N5O5. The molecule has 0 aliphatic heterocycles. The van der Waals surface area contributed by atoms with Crippen LogP contribution >= 0.6 is 0 Å². The number of nitro groups is 1. The molecule has 0 saturated carbocycles. The van der Waals surface area contributed by atoms with E-state index in [1.54, 1.807) is 25.1 Å². The number of hydrogen-bond donors (Lipinski definition) is 1. The number of nitrogens with zero attached hydrogens (tertiary/aromatic N) is 4. The van der Waals surface area contributed by atoms with Gasteiger partial charge in [0.05, 0.1) is 23.8 Å². The first-order chi connectivity index (χ1) is 14.7. The van der Waals surface area contributed by atoms with Gasteiger partial charge in [0.1, 0.15) is 23.2 Å². The Bertz CT molecular complexity index is 1250. The number of carbonyl (C=O) groups excluding carboxylic acids is 1. The molecule has 31 heavy (non-hydrogen) atoms. The topological polar surface area (TPSA) is 136 Å². The van der Waals surface area contributed by atoms with Gasteiger partial charge in [-0.05, 0) is 44.5 Å². The number of non-ortho nitro benzene ring substituents is 1. The molecule has 0 saturated heterocycles. The lowest BCUT2D eigenvalue weighted by atomic mass is 10.1. The van der Waals surface area contributed by atoms with Crippen LogP contribution in [0.25, 0.3) is 11.8 Å². The minimum absolute atomic E-state index is 0.0882. The summed E-state index contributed by atoms with van der Waals surface area (Å²) in [4.78, 5) is 23.0. The van der Waals surface area contributed by atoms with Gasteiger partial charge in [-0.25, -0.2) is 0 Å². The van der Waals surface area contributed by atoms with Crippen molar-refractivity contribution >= 4 is 23.5 Å². The number of methoxy groups -OCH3 is 1. The fraction of sp³-hybridized carbons (Fsp3) is 0.190. The molecule has 10 heteroatoms. The molecule has 3 rings (SSSR count). The van der Waals surface area contributed by atoms with Crippen LogP contribution in [0.2, 0.25) is 0 Å². The number of carbonyl (C=O) groups is 1. The van der Waals surface area contributed by atoms with Gasteiger partial charge in [0, 0.05) is 23.5 Å². The molecule has 1 amide bonds. The molecule has 158 valence electrons. The second-order valence-electron chi connectivity index (χ2n) is 6.72. The Labute approximate surface area is 177 Å². The molecule has 0 aliphatic carbocycles. The average Bonchev–Trinajstić information content (AvgIpc) is 3.27. The Kier molecular flexibility index (Phi) is 5.88. The number of nitro benzene ring substituents is 1. The van der Waals surface area contributed by atoms with Crippen LogP contribution in [0.15, 0.2) is 40.4 Å². The minimum atomic E-state index is -0.617. The number of nitriles is 1. The monoisotopic (exact) mass is 421 g/mol. The van der Waals surface area contributed by atoms with Gasteiger partial charge in [-0.1, -0.05) is 5.16 Å². The largest absolute Gasteiger partial charge is 0.494 e. The van der Waals surface area contributed by atoms with Crippen molar-refractivity contribution in [3.8, 4) is 17.5 Å². The number of aryl methyl sites for hydroxylation is 2. The summed E-state index contributed by atoms with van der Waals surface area (Å²) in [6, 6.07) is 9.57. The maximum atomic E-state index is 12.5. The Morgan fingerprint density at radius 3 is 2.65 bits per heavy atom. The molecular weight excluding hydrogens is 402 g/mol. The number of ether oxygens (including phenoxy) is 1. The lowest BCUT2D eigenvalue weighted by Gasteiger charge is -2.13. The second kappa shape index (κ2) is 8.54. The highest BCUT2D eigenvalue weighted by Gasteiger charge is 2.18. The number of rotatable bonds is 6. The molecule has 1 aromatic carbocycles. The standard InChI is InChI=1S/C21H19N5O5/c1-12-7-15(9-16(11-22)21(27)23-20-8-13(2)31-24-20)14(3)25(12)18-6-5-17(26(28)29)10-19(18)30-4/h5-10H,1-4H3,(H,23,24,27)/b16-9-. The molecule has 2 heterocycles. The summed E-state index contributed by atoms with van der Waals surface area (Å²) >= 11 is 0. The fourth-order valence-corrected chi connectivity index (χ4v) is 3.18. The van der Waals surface area contributed by atoms with E-state index < -0.39 is 10.8 Å². The van der Waals surface area contributed by atoms with E-state index >= 15 is 0 Å². The zero-order valence-electron chi connectivity index (χ0n) is 17.3. The Hall–Kier alpha value is -4.39. The molecule has 0 bridgehead atoms. The van der Waals surface area contributed by atoms with E-state index in [1.807, 2.05) is 24.5 Å². The van der Waals surface area contributed by atoms with Crippen LogP contribution in [-0.4, -0.2) is 27.7 Å². The molecule has 0 fully saturated rings. The van der Waals surface area contributed by atoms with E-state index in [4.69, 9.17) is 9.26 Å². The minimum Gasteiger partial charge on any atom is -0.494 e. The SMILES string of the molecule is COc1cc([N+](=O)[O-])ccc1-n1c(C)cc(/C=C(/C#N)C(=O)Nc2cc(C)on2)c1C. The summed E-state index contributed by atoms with van der Waals surface area (Å²) in [7, 11) is 1.43. The molecule has 0 unspecified atom stereocenters. The molecule has 3 aromatic rings. The maximum absolute atomic E-state index is 12.5. The maximum Gasteiger partial charge on any atom is 0.273 e. The van der Waals surface area contributed by atoms with Crippen molar-refractivity contribution in [1.82, 2.24) is 9.72 Å². The van der Waals surface area contributed by atoms with Gasteiger partial charge in [-0.15, -0.1) is 0 Å². The third-order valence-corrected chi connectivity index (χ3v) is 4.62. The van der Waals surface area contributed by atoms with E-state index in [2.05, 4.69) is 10.5 Å². The molecule has 10 nitrogen and oxygen atoms in total. The van der Waals surface area contributed by atoms with E-state index in [9.17, 15) is 20.2 Å². The van der Waals surface area contributed by atoms with Gasteiger partial charge < -0.3 is 19.1 Å². The summed E-state index contributed by atoms with van der Waals surface area (Å²) in [5.41, 5.74) is 2.55. The third kappa shape index (κ3) is 4.30. The van der Waals surface area contributed by atoms with Crippen LogP contribution < -0.4 is 10.1 Å². The number of hydrogen-bond acceptors (Lipinski definition) is 7. The molecule has 1 N–H and O–H groups in total. The van der Waals surface area contributed by atoms with Gasteiger partial charge in [0.15, 0.2) is 5.82 Å². The summed E-state index contributed by atoms with van der Waals surface area (Å²) in [6.07, 6.45) is 1.47. The molecule has 2 aromatic heterocycles. The lowest BCUT2D eigenvalue weighted by Crippen LogP contribution is -2.13. The van der Waals surface area contributed by atoms with Gasteiger partial charge in [-0.2, -0.15) is 5.26 Å². The van der Waals surface area contributed by atoms with Gasteiger partial charge >= 0.3 is 0 Å². The summed E-state index contributed by atoms with van der Waals surface area (Å²) < 4.78 is 12.1. The first-order valence-corrected chi connectivity index (χ1v) is 9.13. The number of amides is 1. The van der Waals surface area contributed by atoms with Crippen molar-refractivity contribution in [3.05, 3.63) is 68.7 Å². The second-order valence-corrected chi connectivity index (χ2v) is 6.72. The highest BCUT2D eigenvalue weighted by Crippen LogP contribution is 2.32. The highest BCUT2D eigenvalue weighted by molar-refractivity contribution is 6.09. The predicted octanol–water partition coefficient (Wildman–Crippen LogP) is 3.85. The molecule has 0 radical (unpaired) electrons. The van der Waals surface area contributed by atoms with Crippen LogP contribution in [0.1, 0.15) is 22.7 Å². The Morgan fingerprint density at radius 1 is 1.32 bits per heavy atom. The summed E-state index contributed by atoms with van der Waals surface area (Å²) in [5, 5.41) is 26.7. The van der Waals surface area contributed by atoms with Crippen LogP contribution in [0.4, 0.5) is 11.5 Å². The Balaban J connectivity index is 2.00. The van der Waals surface area contributed by atoms with Crippen molar-refractivity contribution < 1.29 is 19.0 Å². The van der Waals surface area contributed by atoms with E-state index in [0.717, 1.165) is 11.4 Å². The molecule has 0 spiro atoms. The van der Waals surface area contributed by atoms with Crippen molar-refractivity contribution in [2.75, 3.05) is 12.4 Å². The van der Waals surface area contributed by atoms with Crippen molar-refractivity contribution in [1.29, 1.82) is 5.26 Å². The number of nitrogens with one attached hydrogen (secondary N) is 1. The van der Waals surface area contributed by atoms with Crippen molar-refractivity contribution in [3.63, 3.8) is 0 Å². The normalized spacial score (nSPS) is 11.1. The smallest absolute Gasteiger partial charge is 0.273 e. The van der Waals surface area contributed by atoms with E-state index in [-0.39, 0.29) is 17.1 Å². The molecule has 0 aliphatic rings. The Morgan fingerprint density at radius 2 is 2.06 bits per heavy atom.